The first-order chi connectivity index (χ1) is 8.67. The third-order valence-corrected chi connectivity index (χ3v) is 4.77. The standard InChI is InChI=1S/C14H24BrNOS/c1-3-4-5-6-7-11(2)17-13(9-16)14-8-12(15)10-18-14/h8,10-11,13H,3-7,9,16H2,1-2H3. The minimum absolute atomic E-state index is 0.0440. The minimum Gasteiger partial charge on any atom is -0.368 e. The van der Waals surface area contributed by atoms with Crippen molar-refractivity contribution in [2.45, 2.75) is 58.2 Å². The molecular formula is C14H24BrNOS. The second-order valence-electron chi connectivity index (χ2n) is 4.69. The summed E-state index contributed by atoms with van der Waals surface area (Å²) in [6.07, 6.45) is 6.62. The van der Waals surface area contributed by atoms with E-state index in [0.29, 0.717) is 6.54 Å². The lowest BCUT2D eigenvalue weighted by molar-refractivity contribution is -0.00187. The van der Waals surface area contributed by atoms with Crippen molar-refractivity contribution >= 4 is 27.3 Å². The Morgan fingerprint density at radius 2 is 2.17 bits per heavy atom. The van der Waals surface area contributed by atoms with Gasteiger partial charge in [0.05, 0.1) is 6.10 Å². The summed E-state index contributed by atoms with van der Waals surface area (Å²) in [4.78, 5) is 1.21. The van der Waals surface area contributed by atoms with Gasteiger partial charge in [-0.1, -0.05) is 32.6 Å². The van der Waals surface area contributed by atoms with Gasteiger partial charge in [0, 0.05) is 21.3 Å². The lowest BCUT2D eigenvalue weighted by Gasteiger charge is -2.20. The van der Waals surface area contributed by atoms with E-state index >= 15 is 0 Å². The van der Waals surface area contributed by atoms with Crippen molar-refractivity contribution in [1.29, 1.82) is 0 Å². The van der Waals surface area contributed by atoms with Crippen LogP contribution in [0, 0.1) is 0 Å². The SMILES string of the molecule is CCCCCCC(C)OC(CN)c1cc(Br)cs1. The topological polar surface area (TPSA) is 35.2 Å². The molecule has 0 aliphatic carbocycles. The number of halogens is 1. The van der Waals surface area contributed by atoms with Gasteiger partial charge in [-0.05, 0) is 35.3 Å². The Bertz CT molecular complexity index is 329. The quantitative estimate of drug-likeness (QED) is 0.653. The molecule has 0 amide bonds. The number of hydrogen-bond donors (Lipinski definition) is 1. The van der Waals surface area contributed by atoms with Gasteiger partial charge in [-0.15, -0.1) is 11.3 Å². The van der Waals surface area contributed by atoms with Gasteiger partial charge >= 0.3 is 0 Å². The molecular weight excluding hydrogens is 310 g/mol. The number of rotatable bonds is 9. The molecule has 0 saturated heterocycles. The fourth-order valence-corrected chi connectivity index (χ4v) is 3.44. The van der Waals surface area contributed by atoms with E-state index in [1.165, 1.54) is 30.6 Å². The zero-order valence-corrected chi connectivity index (χ0v) is 13.7. The molecule has 0 spiro atoms. The Balaban J connectivity index is 2.34. The van der Waals surface area contributed by atoms with E-state index in [4.69, 9.17) is 10.5 Å². The third kappa shape index (κ3) is 5.83. The lowest BCUT2D eigenvalue weighted by Crippen LogP contribution is -2.20. The van der Waals surface area contributed by atoms with Crippen LogP contribution in [-0.2, 0) is 4.74 Å². The highest BCUT2D eigenvalue weighted by Gasteiger charge is 2.15. The number of hydrogen-bond acceptors (Lipinski definition) is 3. The maximum Gasteiger partial charge on any atom is 0.104 e. The van der Waals surface area contributed by atoms with Gasteiger partial charge in [0.25, 0.3) is 0 Å². The molecule has 2 atom stereocenters. The van der Waals surface area contributed by atoms with Crippen LogP contribution in [0.3, 0.4) is 0 Å². The van der Waals surface area contributed by atoms with Crippen LogP contribution in [0.25, 0.3) is 0 Å². The maximum atomic E-state index is 6.04. The smallest absolute Gasteiger partial charge is 0.104 e. The van der Waals surface area contributed by atoms with Crippen molar-refractivity contribution in [2.75, 3.05) is 6.54 Å². The van der Waals surface area contributed by atoms with Crippen LogP contribution >= 0.6 is 27.3 Å². The molecule has 2 nitrogen and oxygen atoms in total. The van der Waals surface area contributed by atoms with E-state index in [2.05, 4.69) is 41.2 Å². The van der Waals surface area contributed by atoms with Crippen LogP contribution in [0.4, 0.5) is 0 Å². The highest BCUT2D eigenvalue weighted by atomic mass is 79.9. The fourth-order valence-electron chi connectivity index (χ4n) is 1.94. The molecule has 4 heteroatoms. The van der Waals surface area contributed by atoms with Crippen molar-refractivity contribution < 1.29 is 4.74 Å². The molecule has 0 aliphatic heterocycles. The molecule has 1 heterocycles. The van der Waals surface area contributed by atoms with E-state index in [9.17, 15) is 0 Å². The van der Waals surface area contributed by atoms with Crippen molar-refractivity contribution in [3.8, 4) is 0 Å². The molecule has 0 saturated carbocycles. The molecule has 0 bridgehead atoms. The van der Waals surface area contributed by atoms with Gasteiger partial charge < -0.3 is 10.5 Å². The molecule has 0 radical (unpaired) electrons. The van der Waals surface area contributed by atoms with Crippen LogP contribution in [0.15, 0.2) is 15.9 Å². The molecule has 1 rings (SSSR count). The summed E-state index contributed by atoms with van der Waals surface area (Å²) in [6, 6.07) is 2.10. The molecule has 2 N–H and O–H groups in total. The number of thiophene rings is 1. The second-order valence-corrected chi connectivity index (χ2v) is 6.55. The first kappa shape index (κ1) is 16.2. The van der Waals surface area contributed by atoms with Gasteiger partial charge in [0.1, 0.15) is 6.10 Å². The van der Waals surface area contributed by atoms with Crippen molar-refractivity contribution in [1.82, 2.24) is 0 Å². The first-order valence-electron chi connectivity index (χ1n) is 6.76. The Kier molecular flexibility index (Phi) is 8.15. The summed E-state index contributed by atoms with van der Waals surface area (Å²) in [5, 5.41) is 2.08. The molecule has 1 aromatic rings. The fraction of sp³-hybridized carbons (Fsp3) is 0.714. The molecule has 18 heavy (non-hydrogen) atoms. The lowest BCUT2D eigenvalue weighted by atomic mass is 10.1. The normalized spacial score (nSPS) is 14.7. The van der Waals surface area contributed by atoms with Gasteiger partial charge in [-0.3, -0.25) is 0 Å². The van der Waals surface area contributed by atoms with Crippen molar-refractivity contribution in [3.05, 3.63) is 20.8 Å². The zero-order valence-electron chi connectivity index (χ0n) is 11.3. The second kappa shape index (κ2) is 9.08. The van der Waals surface area contributed by atoms with Gasteiger partial charge in [-0.25, -0.2) is 0 Å². The Morgan fingerprint density at radius 1 is 1.39 bits per heavy atom. The minimum atomic E-state index is 0.0440. The van der Waals surface area contributed by atoms with Crippen LogP contribution in [0.2, 0.25) is 0 Å². The van der Waals surface area contributed by atoms with Crippen LogP contribution in [0.1, 0.15) is 56.9 Å². The molecule has 0 aliphatic rings. The largest absolute Gasteiger partial charge is 0.368 e. The maximum absolute atomic E-state index is 6.04. The van der Waals surface area contributed by atoms with E-state index in [1.54, 1.807) is 11.3 Å². The predicted molar refractivity (Wildman–Crippen MR) is 83.1 cm³/mol. The number of nitrogens with two attached hydrogens (primary N) is 1. The molecule has 1 aromatic heterocycles. The summed E-state index contributed by atoms with van der Waals surface area (Å²) in [6.45, 7) is 4.93. The van der Waals surface area contributed by atoms with Crippen LogP contribution < -0.4 is 5.73 Å². The predicted octanol–water partition coefficient (Wildman–Crippen LogP) is 4.89. The Morgan fingerprint density at radius 3 is 2.72 bits per heavy atom. The summed E-state index contributed by atoms with van der Waals surface area (Å²) >= 11 is 5.17. The molecule has 2 unspecified atom stereocenters. The van der Waals surface area contributed by atoms with Gasteiger partial charge in [0.2, 0.25) is 0 Å². The van der Waals surface area contributed by atoms with Gasteiger partial charge in [0.15, 0.2) is 0 Å². The zero-order chi connectivity index (χ0) is 13.4. The van der Waals surface area contributed by atoms with Crippen LogP contribution in [0.5, 0.6) is 0 Å². The first-order valence-corrected chi connectivity index (χ1v) is 8.44. The molecule has 104 valence electrons. The van der Waals surface area contributed by atoms with E-state index in [-0.39, 0.29) is 12.2 Å². The van der Waals surface area contributed by atoms with E-state index in [1.807, 2.05) is 0 Å². The molecule has 0 fully saturated rings. The summed E-state index contributed by atoms with van der Waals surface area (Å²) in [7, 11) is 0. The van der Waals surface area contributed by atoms with Crippen molar-refractivity contribution in [3.63, 3.8) is 0 Å². The van der Waals surface area contributed by atoms with Crippen molar-refractivity contribution in [2.24, 2.45) is 5.73 Å². The number of unbranched alkanes of at least 4 members (excludes halogenated alkanes) is 3. The highest BCUT2D eigenvalue weighted by molar-refractivity contribution is 9.10. The Hall–Kier alpha value is 0.1000. The van der Waals surface area contributed by atoms with Crippen LogP contribution in [-0.4, -0.2) is 12.6 Å². The van der Waals surface area contributed by atoms with Gasteiger partial charge in [-0.2, -0.15) is 0 Å². The number of ether oxygens (including phenoxy) is 1. The summed E-state index contributed by atoms with van der Waals surface area (Å²) < 4.78 is 7.16. The monoisotopic (exact) mass is 333 g/mol. The molecule has 0 aromatic carbocycles. The van der Waals surface area contributed by atoms with E-state index in [0.717, 1.165) is 10.9 Å². The average molecular weight is 334 g/mol. The Labute approximate surface area is 123 Å². The average Bonchev–Trinajstić information content (AvgIpc) is 2.78. The third-order valence-electron chi connectivity index (χ3n) is 2.98. The summed E-state index contributed by atoms with van der Waals surface area (Å²) in [5.41, 5.74) is 5.81. The van der Waals surface area contributed by atoms with E-state index < -0.39 is 0 Å². The highest BCUT2D eigenvalue weighted by Crippen LogP contribution is 2.28. The summed E-state index contributed by atoms with van der Waals surface area (Å²) in [5.74, 6) is 0.